The van der Waals surface area contributed by atoms with Crippen LogP contribution in [-0.2, 0) is 16.2 Å². The largest absolute Gasteiger partial charge is 0.365 e. The molecule has 5 nitrogen and oxygen atoms in total. The molecular formula is C31H35Cl5N2O3. The first-order valence-corrected chi connectivity index (χ1v) is 14.8. The standard InChI is InChI=1S/C31H34Cl4N2O3.ClH/c1-21(2)27-12-5-22(3)17-29(27)40-39-16-4-13-36-14-15-37(20-36)31(35)30(23-6-9-25(32)10-7-23)38-19-24-8-11-26(33)18-28(24)34;/h5-12,14-15,17-18,21,30-31H,4,13,16,19-20H2,1-3H3;1H. The monoisotopic (exact) mass is 658 g/mol. The van der Waals surface area contributed by atoms with Crippen molar-refractivity contribution in [3.8, 4) is 5.75 Å². The fourth-order valence-electron chi connectivity index (χ4n) is 4.39. The van der Waals surface area contributed by atoms with Crippen LogP contribution >= 0.6 is 58.8 Å². The topological polar surface area (TPSA) is 34.2 Å². The quantitative estimate of drug-likeness (QED) is 0.0600. The van der Waals surface area contributed by atoms with Crippen LogP contribution in [0.15, 0.2) is 73.1 Å². The Morgan fingerprint density at radius 3 is 2.34 bits per heavy atom. The van der Waals surface area contributed by atoms with Gasteiger partial charge in [0.2, 0.25) is 0 Å². The molecule has 3 aromatic carbocycles. The minimum Gasteiger partial charge on any atom is -0.365 e. The van der Waals surface area contributed by atoms with Gasteiger partial charge in [-0.15, -0.1) is 12.4 Å². The molecule has 0 aliphatic carbocycles. The van der Waals surface area contributed by atoms with Crippen molar-refractivity contribution < 1.29 is 14.5 Å². The Labute approximate surface area is 269 Å². The second-order valence-corrected chi connectivity index (χ2v) is 11.8. The fraction of sp³-hybridized carbons (Fsp3) is 0.355. The molecule has 0 N–H and O–H groups in total. The number of halogens is 5. The lowest BCUT2D eigenvalue weighted by molar-refractivity contribution is -0.208. The van der Waals surface area contributed by atoms with Crippen molar-refractivity contribution in [1.29, 1.82) is 0 Å². The third kappa shape index (κ3) is 9.59. The summed E-state index contributed by atoms with van der Waals surface area (Å²) < 4.78 is 6.34. The van der Waals surface area contributed by atoms with Crippen LogP contribution in [0.25, 0.3) is 0 Å². The number of ether oxygens (including phenoxy) is 1. The second kappa shape index (κ2) is 16.1. The summed E-state index contributed by atoms with van der Waals surface area (Å²) in [6.07, 6.45) is 4.37. The number of alkyl halides is 1. The van der Waals surface area contributed by atoms with E-state index in [4.69, 9.17) is 60.9 Å². The van der Waals surface area contributed by atoms with E-state index in [0.29, 0.717) is 34.3 Å². The van der Waals surface area contributed by atoms with E-state index in [1.54, 1.807) is 12.1 Å². The highest BCUT2D eigenvalue weighted by Gasteiger charge is 2.29. The van der Waals surface area contributed by atoms with Gasteiger partial charge in [0, 0.05) is 39.6 Å². The summed E-state index contributed by atoms with van der Waals surface area (Å²) >= 11 is 25.6. The Balaban J connectivity index is 0.00000462. The highest BCUT2D eigenvalue weighted by Crippen LogP contribution is 2.33. The number of benzene rings is 3. The predicted octanol–water partition coefficient (Wildman–Crippen LogP) is 9.77. The maximum absolute atomic E-state index is 7.02. The van der Waals surface area contributed by atoms with Crippen LogP contribution in [0.3, 0.4) is 0 Å². The van der Waals surface area contributed by atoms with E-state index in [9.17, 15) is 0 Å². The molecule has 222 valence electrons. The van der Waals surface area contributed by atoms with E-state index in [2.05, 4.69) is 30.9 Å². The van der Waals surface area contributed by atoms with Crippen LogP contribution in [0.5, 0.6) is 5.75 Å². The lowest BCUT2D eigenvalue weighted by Gasteiger charge is -2.31. The first-order valence-electron chi connectivity index (χ1n) is 13.2. The Morgan fingerprint density at radius 1 is 0.902 bits per heavy atom. The molecule has 1 aliphatic heterocycles. The number of hydrogen-bond donors (Lipinski definition) is 0. The molecule has 0 saturated carbocycles. The molecule has 4 rings (SSSR count). The summed E-state index contributed by atoms with van der Waals surface area (Å²) in [5, 5.41) is 1.78. The van der Waals surface area contributed by atoms with Gasteiger partial charge in [-0.2, -0.15) is 4.89 Å². The average Bonchev–Trinajstić information content (AvgIpc) is 3.39. The lowest BCUT2D eigenvalue weighted by Crippen LogP contribution is -2.36. The second-order valence-electron chi connectivity index (χ2n) is 10.1. The van der Waals surface area contributed by atoms with Gasteiger partial charge in [0.1, 0.15) is 11.6 Å². The first kappa shape index (κ1) is 33.7. The molecule has 3 aromatic rings. The molecule has 10 heteroatoms. The van der Waals surface area contributed by atoms with Crippen molar-refractivity contribution in [3.63, 3.8) is 0 Å². The van der Waals surface area contributed by atoms with Gasteiger partial charge < -0.3 is 19.4 Å². The molecule has 0 aromatic heterocycles. The summed E-state index contributed by atoms with van der Waals surface area (Å²) in [7, 11) is 0. The van der Waals surface area contributed by atoms with Crippen molar-refractivity contribution >= 4 is 58.8 Å². The molecule has 2 atom stereocenters. The number of rotatable bonds is 13. The minimum absolute atomic E-state index is 0. The number of aryl methyl sites for hydroxylation is 1. The molecule has 41 heavy (non-hydrogen) atoms. The fourth-order valence-corrected chi connectivity index (χ4v) is 5.32. The third-order valence-corrected chi connectivity index (χ3v) is 7.94. The van der Waals surface area contributed by atoms with Crippen molar-refractivity contribution in [2.75, 3.05) is 19.8 Å². The zero-order valence-corrected chi connectivity index (χ0v) is 27.1. The maximum atomic E-state index is 7.02. The van der Waals surface area contributed by atoms with E-state index >= 15 is 0 Å². The zero-order chi connectivity index (χ0) is 28.6. The first-order chi connectivity index (χ1) is 19.2. The van der Waals surface area contributed by atoms with Gasteiger partial charge in [0.25, 0.3) is 0 Å². The smallest absolute Gasteiger partial charge is 0.169 e. The molecule has 0 fully saturated rings. The van der Waals surface area contributed by atoms with Gasteiger partial charge in [-0.1, -0.05) is 90.6 Å². The van der Waals surface area contributed by atoms with Gasteiger partial charge in [-0.25, -0.2) is 0 Å². The number of hydrogen-bond acceptors (Lipinski definition) is 5. The van der Waals surface area contributed by atoms with E-state index in [-0.39, 0.29) is 19.0 Å². The summed E-state index contributed by atoms with van der Waals surface area (Å²) in [5.41, 5.74) is 3.55. The van der Waals surface area contributed by atoms with Crippen LogP contribution in [0.4, 0.5) is 0 Å². The highest BCUT2D eigenvalue weighted by molar-refractivity contribution is 6.35. The van der Waals surface area contributed by atoms with Crippen LogP contribution in [-0.4, -0.2) is 35.1 Å². The van der Waals surface area contributed by atoms with Crippen LogP contribution in [0.1, 0.15) is 54.5 Å². The average molecular weight is 661 g/mol. The van der Waals surface area contributed by atoms with E-state index in [0.717, 1.165) is 41.0 Å². The molecular weight excluding hydrogens is 626 g/mol. The molecule has 1 heterocycles. The summed E-state index contributed by atoms with van der Waals surface area (Å²) in [6, 6.07) is 19.1. The van der Waals surface area contributed by atoms with Crippen LogP contribution in [0, 0.1) is 6.92 Å². The maximum Gasteiger partial charge on any atom is 0.169 e. The van der Waals surface area contributed by atoms with Gasteiger partial charge >= 0.3 is 0 Å². The van der Waals surface area contributed by atoms with E-state index in [1.165, 1.54) is 0 Å². The van der Waals surface area contributed by atoms with E-state index in [1.807, 2.05) is 60.6 Å². The van der Waals surface area contributed by atoms with Gasteiger partial charge in [-0.05, 0) is 66.3 Å². The highest BCUT2D eigenvalue weighted by atomic mass is 35.5. The summed E-state index contributed by atoms with van der Waals surface area (Å²) in [6.45, 7) is 8.49. The molecule has 2 unspecified atom stereocenters. The molecule has 1 aliphatic rings. The Morgan fingerprint density at radius 2 is 1.63 bits per heavy atom. The van der Waals surface area contributed by atoms with Crippen molar-refractivity contribution in [1.82, 2.24) is 9.80 Å². The molecule has 0 amide bonds. The predicted molar refractivity (Wildman–Crippen MR) is 171 cm³/mol. The Hall–Kier alpha value is -1.83. The molecule has 0 spiro atoms. The Kier molecular flexibility index (Phi) is 13.3. The molecule has 0 saturated heterocycles. The van der Waals surface area contributed by atoms with Crippen molar-refractivity contribution in [2.24, 2.45) is 0 Å². The van der Waals surface area contributed by atoms with Crippen LogP contribution in [0.2, 0.25) is 15.1 Å². The minimum atomic E-state index is -0.469. The molecule has 0 radical (unpaired) electrons. The molecule has 0 bridgehead atoms. The van der Waals surface area contributed by atoms with Gasteiger partial charge in [0.15, 0.2) is 5.75 Å². The Bertz CT molecular complexity index is 1290. The van der Waals surface area contributed by atoms with Gasteiger partial charge in [-0.3, -0.25) is 0 Å². The normalized spacial score (nSPS) is 14.3. The summed E-state index contributed by atoms with van der Waals surface area (Å²) in [4.78, 5) is 15.4. The zero-order valence-electron chi connectivity index (χ0n) is 23.2. The lowest BCUT2D eigenvalue weighted by atomic mass is 10.0. The summed E-state index contributed by atoms with van der Waals surface area (Å²) in [5.74, 6) is 1.13. The SMILES string of the molecule is Cc1ccc(C(C)C)c(OOCCCN2C=CN(C(Cl)C(OCc3ccc(Cl)cc3Cl)c3ccc(Cl)cc3)C2)c1.Cl. The third-order valence-electron chi connectivity index (χ3n) is 6.63. The number of nitrogens with zero attached hydrogens (tertiary/aromatic N) is 2. The van der Waals surface area contributed by atoms with E-state index < -0.39 is 11.6 Å². The van der Waals surface area contributed by atoms with Crippen molar-refractivity contribution in [3.05, 3.63) is 110 Å². The van der Waals surface area contributed by atoms with Crippen LogP contribution < -0.4 is 4.89 Å². The van der Waals surface area contributed by atoms with Crippen molar-refractivity contribution in [2.45, 2.75) is 51.3 Å². The van der Waals surface area contributed by atoms with Gasteiger partial charge in [0.05, 0.1) is 19.9 Å².